The quantitative estimate of drug-likeness (QED) is 0.878. The third-order valence-electron chi connectivity index (χ3n) is 2.68. The largest absolute Gasteiger partial charge is 0.337 e. The Kier molecular flexibility index (Phi) is 3.94. The van der Waals surface area contributed by atoms with Gasteiger partial charge < -0.3 is 5.32 Å². The lowest BCUT2D eigenvalue weighted by molar-refractivity contribution is 1.19. The summed E-state index contributed by atoms with van der Waals surface area (Å²) in [5, 5.41) is 13.1. The van der Waals surface area contributed by atoms with Crippen molar-refractivity contribution in [2.45, 2.75) is 13.8 Å². The number of nitriles is 1. The molecule has 5 heteroatoms. The lowest BCUT2D eigenvalue weighted by Crippen LogP contribution is -2.00. The maximum atomic E-state index is 9.08. The Bertz CT molecular complexity index is 675. The van der Waals surface area contributed by atoms with Crippen molar-refractivity contribution < 1.29 is 0 Å². The molecular weight excluding hydrogens is 281 g/mol. The molecule has 1 heterocycles. The van der Waals surface area contributed by atoms with Crippen LogP contribution in [0.5, 0.6) is 0 Å². The van der Waals surface area contributed by atoms with E-state index in [0.717, 1.165) is 11.3 Å². The molecule has 0 saturated carbocycles. The summed E-state index contributed by atoms with van der Waals surface area (Å²) in [6.45, 7) is 3.74. The molecular formula is C14H11Cl2N3. The highest BCUT2D eigenvalue weighted by Gasteiger charge is 2.12. The van der Waals surface area contributed by atoms with Gasteiger partial charge in [-0.2, -0.15) is 5.26 Å². The molecule has 0 aliphatic heterocycles. The van der Waals surface area contributed by atoms with Crippen LogP contribution in [0.25, 0.3) is 0 Å². The summed E-state index contributed by atoms with van der Waals surface area (Å²) in [5.74, 6) is 0.455. The van der Waals surface area contributed by atoms with E-state index in [1.165, 1.54) is 0 Å². The minimum absolute atomic E-state index is 0.444. The minimum Gasteiger partial charge on any atom is -0.337 e. The topological polar surface area (TPSA) is 48.7 Å². The van der Waals surface area contributed by atoms with E-state index in [4.69, 9.17) is 28.5 Å². The van der Waals surface area contributed by atoms with Gasteiger partial charge in [-0.3, -0.25) is 0 Å². The van der Waals surface area contributed by atoms with Gasteiger partial charge in [-0.15, -0.1) is 0 Å². The van der Waals surface area contributed by atoms with Crippen molar-refractivity contribution in [3.05, 3.63) is 51.1 Å². The monoisotopic (exact) mass is 291 g/mol. The molecule has 19 heavy (non-hydrogen) atoms. The predicted molar refractivity (Wildman–Crippen MR) is 78.2 cm³/mol. The molecule has 1 aromatic heterocycles. The molecule has 0 amide bonds. The van der Waals surface area contributed by atoms with Crippen molar-refractivity contribution in [1.82, 2.24) is 4.98 Å². The predicted octanol–water partition coefficient (Wildman–Crippen LogP) is 4.62. The molecule has 1 aromatic carbocycles. The van der Waals surface area contributed by atoms with Gasteiger partial charge in [0.05, 0.1) is 21.3 Å². The fourth-order valence-corrected chi connectivity index (χ4v) is 2.10. The fourth-order valence-electron chi connectivity index (χ4n) is 1.63. The van der Waals surface area contributed by atoms with Crippen molar-refractivity contribution in [2.75, 3.05) is 5.32 Å². The van der Waals surface area contributed by atoms with E-state index in [1.807, 2.05) is 19.9 Å². The first-order chi connectivity index (χ1) is 9.02. The van der Waals surface area contributed by atoms with Crippen LogP contribution in [0.3, 0.4) is 0 Å². The molecule has 1 N–H and O–H groups in total. The lowest BCUT2D eigenvalue weighted by Gasteiger charge is -2.12. The van der Waals surface area contributed by atoms with Crippen LogP contribution in [-0.4, -0.2) is 4.98 Å². The highest BCUT2D eigenvalue weighted by atomic mass is 35.5. The van der Waals surface area contributed by atoms with E-state index in [9.17, 15) is 0 Å². The number of nitrogens with zero attached hydrogens (tertiary/aromatic N) is 2. The van der Waals surface area contributed by atoms with E-state index < -0.39 is 0 Å². The Balaban J connectivity index is 2.51. The second-order valence-corrected chi connectivity index (χ2v) is 4.92. The highest BCUT2D eigenvalue weighted by molar-refractivity contribution is 6.39. The van der Waals surface area contributed by atoms with Crippen LogP contribution in [0.15, 0.2) is 24.3 Å². The summed E-state index contributed by atoms with van der Waals surface area (Å²) in [4.78, 5) is 4.30. The Labute approximate surface area is 121 Å². The van der Waals surface area contributed by atoms with Crippen LogP contribution in [-0.2, 0) is 0 Å². The summed E-state index contributed by atoms with van der Waals surface area (Å²) in [7, 11) is 0. The van der Waals surface area contributed by atoms with E-state index in [2.05, 4.69) is 16.4 Å². The van der Waals surface area contributed by atoms with Gasteiger partial charge in [-0.25, -0.2) is 4.98 Å². The van der Waals surface area contributed by atoms with E-state index in [1.54, 1.807) is 18.2 Å². The third-order valence-corrected chi connectivity index (χ3v) is 3.48. The van der Waals surface area contributed by atoms with Crippen LogP contribution in [0.2, 0.25) is 10.0 Å². The number of halogens is 2. The highest BCUT2D eigenvalue weighted by Crippen LogP contribution is 2.35. The first-order valence-corrected chi connectivity index (χ1v) is 6.38. The Hall–Kier alpha value is -1.76. The van der Waals surface area contributed by atoms with Gasteiger partial charge in [0.2, 0.25) is 0 Å². The molecule has 2 rings (SSSR count). The summed E-state index contributed by atoms with van der Waals surface area (Å²) < 4.78 is 0. The SMILES string of the molecule is Cc1ccc(C#N)c(Nc2c(Cl)ccc(C)c2Cl)n1. The summed E-state index contributed by atoms with van der Waals surface area (Å²) in [6.07, 6.45) is 0. The smallest absolute Gasteiger partial charge is 0.148 e. The van der Waals surface area contributed by atoms with Gasteiger partial charge in [0.25, 0.3) is 0 Å². The standard InChI is InChI=1S/C14H11Cl2N3/c1-8-3-6-11(15)13(12(8)16)19-14-10(7-17)5-4-9(2)18-14/h3-6H,1-2H3,(H,18,19). The average Bonchev–Trinajstić information content (AvgIpc) is 2.39. The van der Waals surface area contributed by atoms with Crippen LogP contribution >= 0.6 is 23.2 Å². The molecule has 3 nitrogen and oxygen atoms in total. The zero-order valence-corrected chi connectivity index (χ0v) is 12.0. The van der Waals surface area contributed by atoms with Crippen LogP contribution < -0.4 is 5.32 Å². The normalized spacial score (nSPS) is 10.1. The molecule has 0 saturated heterocycles. The molecule has 0 unspecified atom stereocenters. The van der Waals surface area contributed by atoms with Gasteiger partial charge in [0.15, 0.2) is 0 Å². The Morgan fingerprint density at radius 3 is 2.58 bits per heavy atom. The molecule has 2 aromatic rings. The van der Waals surface area contributed by atoms with Gasteiger partial charge in [-0.1, -0.05) is 29.3 Å². The number of benzene rings is 1. The summed E-state index contributed by atoms with van der Waals surface area (Å²) >= 11 is 12.4. The van der Waals surface area contributed by atoms with Crippen molar-refractivity contribution in [3.8, 4) is 6.07 Å². The van der Waals surface area contributed by atoms with Gasteiger partial charge in [0, 0.05) is 5.69 Å². The lowest BCUT2D eigenvalue weighted by atomic mass is 10.2. The number of pyridine rings is 1. The Morgan fingerprint density at radius 1 is 1.16 bits per heavy atom. The summed E-state index contributed by atoms with van der Waals surface area (Å²) in [6, 6.07) is 9.17. The van der Waals surface area contributed by atoms with Gasteiger partial charge in [0.1, 0.15) is 11.9 Å². The van der Waals surface area contributed by atoms with Crippen LogP contribution in [0.4, 0.5) is 11.5 Å². The van der Waals surface area contributed by atoms with Gasteiger partial charge in [-0.05, 0) is 37.6 Å². The number of nitrogens with one attached hydrogen (secondary N) is 1. The molecule has 0 spiro atoms. The molecule has 0 bridgehead atoms. The first kappa shape index (κ1) is 13.7. The second kappa shape index (κ2) is 5.48. The van der Waals surface area contributed by atoms with Crippen molar-refractivity contribution in [1.29, 1.82) is 5.26 Å². The molecule has 0 radical (unpaired) electrons. The molecule has 0 aliphatic carbocycles. The second-order valence-electron chi connectivity index (χ2n) is 4.14. The number of hydrogen-bond acceptors (Lipinski definition) is 3. The number of aryl methyl sites for hydroxylation is 2. The number of aromatic nitrogens is 1. The number of rotatable bonds is 2. The summed E-state index contributed by atoms with van der Waals surface area (Å²) in [5.41, 5.74) is 2.72. The molecule has 0 aliphatic rings. The molecule has 0 atom stereocenters. The minimum atomic E-state index is 0.444. The van der Waals surface area contributed by atoms with Crippen molar-refractivity contribution in [2.24, 2.45) is 0 Å². The van der Waals surface area contributed by atoms with E-state index in [-0.39, 0.29) is 0 Å². The molecule has 0 fully saturated rings. The zero-order chi connectivity index (χ0) is 14.0. The molecule has 96 valence electrons. The first-order valence-electron chi connectivity index (χ1n) is 5.62. The maximum absolute atomic E-state index is 9.08. The van der Waals surface area contributed by atoms with Gasteiger partial charge >= 0.3 is 0 Å². The Morgan fingerprint density at radius 2 is 1.89 bits per heavy atom. The van der Waals surface area contributed by atoms with E-state index in [0.29, 0.717) is 27.1 Å². The maximum Gasteiger partial charge on any atom is 0.148 e. The zero-order valence-electron chi connectivity index (χ0n) is 10.5. The third kappa shape index (κ3) is 2.81. The van der Waals surface area contributed by atoms with Crippen molar-refractivity contribution in [3.63, 3.8) is 0 Å². The average molecular weight is 292 g/mol. The van der Waals surface area contributed by atoms with Crippen molar-refractivity contribution >= 4 is 34.7 Å². The fraction of sp³-hybridized carbons (Fsp3) is 0.143. The number of anilines is 2. The van der Waals surface area contributed by atoms with Crippen LogP contribution in [0, 0.1) is 25.2 Å². The van der Waals surface area contributed by atoms with E-state index >= 15 is 0 Å². The van der Waals surface area contributed by atoms with Crippen LogP contribution in [0.1, 0.15) is 16.8 Å². The number of hydrogen-bond donors (Lipinski definition) is 1.